The SMILES string of the molecule is C=C(C)CCC(NCC)C1COc2ccccc21. The number of hydrogen-bond acceptors (Lipinski definition) is 2. The Morgan fingerprint density at radius 3 is 3.00 bits per heavy atom. The zero-order valence-electron chi connectivity index (χ0n) is 11.4. The van der Waals surface area contributed by atoms with Gasteiger partial charge in [-0.25, -0.2) is 0 Å². The molecule has 2 atom stereocenters. The Bertz CT molecular complexity index is 413. The Hall–Kier alpha value is -1.28. The third-order valence-electron chi connectivity index (χ3n) is 3.57. The smallest absolute Gasteiger partial charge is 0.122 e. The minimum atomic E-state index is 0.473. The average molecular weight is 245 g/mol. The normalized spacial score (nSPS) is 19.1. The van der Waals surface area contributed by atoms with Crippen LogP contribution in [0.25, 0.3) is 0 Å². The van der Waals surface area contributed by atoms with Crippen LogP contribution in [0.1, 0.15) is 38.2 Å². The van der Waals surface area contributed by atoms with Gasteiger partial charge in [-0.2, -0.15) is 0 Å². The summed E-state index contributed by atoms with van der Waals surface area (Å²) in [5.74, 6) is 1.53. The molecule has 2 rings (SSSR count). The number of likely N-dealkylation sites (N-methyl/N-ethyl adjacent to an activating group) is 1. The van der Waals surface area contributed by atoms with Crippen LogP contribution in [0.2, 0.25) is 0 Å². The molecule has 0 aliphatic carbocycles. The Labute approximate surface area is 110 Å². The lowest BCUT2D eigenvalue weighted by molar-refractivity contribution is 0.293. The summed E-state index contributed by atoms with van der Waals surface area (Å²) in [6.07, 6.45) is 2.21. The fourth-order valence-electron chi connectivity index (χ4n) is 2.63. The molecule has 98 valence electrons. The Morgan fingerprint density at radius 1 is 1.50 bits per heavy atom. The molecule has 2 heteroatoms. The van der Waals surface area contributed by atoms with E-state index in [2.05, 4.69) is 43.9 Å². The summed E-state index contributed by atoms with van der Waals surface area (Å²) < 4.78 is 5.78. The van der Waals surface area contributed by atoms with E-state index in [-0.39, 0.29) is 0 Å². The summed E-state index contributed by atoms with van der Waals surface area (Å²) in [6, 6.07) is 8.88. The van der Waals surface area contributed by atoms with Gasteiger partial charge in [-0.3, -0.25) is 0 Å². The fourth-order valence-corrected chi connectivity index (χ4v) is 2.63. The first kappa shape index (κ1) is 13.2. The first-order valence-electron chi connectivity index (χ1n) is 6.82. The summed E-state index contributed by atoms with van der Waals surface area (Å²) in [5, 5.41) is 3.60. The molecule has 0 spiro atoms. The van der Waals surface area contributed by atoms with Crippen molar-refractivity contribution in [3.63, 3.8) is 0 Å². The van der Waals surface area contributed by atoms with Crippen LogP contribution in [0.4, 0.5) is 0 Å². The van der Waals surface area contributed by atoms with E-state index in [9.17, 15) is 0 Å². The van der Waals surface area contributed by atoms with E-state index >= 15 is 0 Å². The van der Waals surface area contributed by atoms with Crippen LogP contribution in [0, 0.1) is 0 Å². The van der Waals surface area contributed by atoms with Crippen molar-refractivity contribution in [2.75, 3.05) is 13.2 Å². The number of ether oxygens (including phenoxy) is 1. The number of nitrogens with one attached hydrogen (secondary N) is 1. The lowest BCUT2D eigenvalue weighted by Crippen LogP contribution is -2.35. The number of allylic oxidation sites excluding steroid dienone is 1. The molecule has 0 fully saturated rings. The minimum Gasteiger partial charge on any atom is -0.493 e. The van der Waals surface area contributed by atoms with E-state index in [1.807, 2.05) is 6.07 Å². The van der Waals surface area contributed by atoms with Crippen molar-refractivity contribution in [3.05, 3.63) is 42.0 Å². The van der Waals surface area contributed by atoms with Crippen molar-refractivity contribution in [2.24, 2.45) is 0 Å². The van der Waals surface area contributed by atoms with Gasteiger partial charge in [0.05, 0.1) is 6.61 Å². The van der Waals surface area contributed by atoms with Crippen LogP contribution in [0.15, 0.2) is 36.4 Å². The second-order valence-corrected chi connectivity index (χ2v) is 5.12. The molecule has 1 N–H and O–H groups in total. The predicted octanol–water partition coefficient (Wildman–Crippen LogP) is 3.50. The van der Waals surface area contributed by atoms with Crippen molar-refractivity contribution in [3.8, 4) is 5.75 Å². The van der Waals surface area contributed by atoms with Crippen LogP contribution < -0.4 is 10.1 Å². The second-order valence-electron chi connectivity index (χ2n) is 5.12. The van der Waals surface area contributed by atoms with Crippen molar-refractivity contribution in [1.82, 2.24) is 5.32 Å². The molecule has 0 radical (unpaired) electrons. The van der Waals surface area contributed by atoms with Crippen molar-refractivity contribution >= 4 is 0 Å². The first-order valence-corrected chi connectivity index (χ1v) is 6.82. The van der Waals surface area contributed by atoms with Gasteiger partial charge >= 0.3 is 0 Å². The molecule has 0 saturated carbocycles. The van der Waals surface area contributed by atoms with Gasteiger partial charge in [0, 0.05) is 17.5 Å². The van der Waals surface area contributed by atoms with Crippen LogP contribution in [-0.2, 0) is 0 Å². The molecule has 1 aliphatic rings. The topological polar surface area (TPSA) is 21.3 Å². The molecule has 0 aromatic heterocycles. The highest BCUT2D eigenvalue weighted by Crippen LogP contribution is 2.36. The first-order chi connectivity index (χ1) is 8.72. The summed E-state index contributed by atoms with van der Waals surface area (Å²) in [4.78, 5) is 0. The standard InChI is InChI=1S/C16H23NO/c1-4-17-15(10-9-12(2)3)14-11-18-16-8-6-5-7-13(14)16/h5-8,14-15,17H,2,4,9-11H2,1,3H3. The van der Waals surface area contributed by atoms with E-state index in [0.29, 0.717) is 12.0 Å². The molecule has 0 saturated heterocycles. The van der Waals surface area contributed by atoms with Gasteiger partial charge in [-0.1, -0.05) is 30.7 Å². The van der Waals surface area contributed by atoms with Gasteiger partial charge in [0.15, 0.2) is 0 Å². The summed E-state index contributed by atoms with van der Waals surface area (Å²) in [7, 11) is 0. The van der Waals surface area contributed by atoms with Crippen LogP contribution in [-0.4, -0.2) is 19.2 Å². The molecular weight excluding hydrogens is 222 g/mol. The molecule has 1 aromatic rings. The molecule has 0 bridgehead atoms. The number of para-hydroxylation sites is 1. The maximum atomic E-state index is 5.78. The van der Waals surface area contributed by atoms with E-state index in [4.69, 9.17) is 4.74 Å². The second kappa shape index (κ2) is 6.05. The molecular formula is C16H23NO. The van der Waals surface area contributed by atoms with Gasteiger partial charge in [0.2, 0.25) is 0 Å². The maximum Gasteiger partial charge on any atom is 0.122 e. The maximum absolute atomic E-state index is 5.78. The summed E-state index contributed by atoms with van der Waals surface area (Å²) in [5.41, 5.74) is 2.61. The average Bonchev–Trinajstić information content (AvgIpc) is 2.78. The molecule has 1 aromatic carbocycles. The highest BCUT2D eigenvalue weighted by molar-refractivity contribution is 5.40. The van der Waals surface area contributed by atoms with Gasteiger partial charge < -0.3 is 10.1 Å². The Kier molecular flexibility index (Phi) is 4.43. The van der Waals surface area contributed by atoms with Crippen LogP contribution in [0.5, 0.6) is 5.75 Å². The third-order valence-corrected chi connectivity index (χ3v) is 3.57. The van der Waals surface area contributed by atoms with E-state index in [1.165, 1.54) is 11.1 Å². The quantitative estimate of drug-likeness (QED) is 0.775. The number of benzene rings is 1. The number of fused-ring (bicyclic) bond motifs is 1. The Morgan fingerprint density at radius 2 is 2.28 bits per heavy atom. The third kappa shape index (κ3) is 2.94. The van der Waals surface area contributed by atoms with Crippen molar-refractivity contribution in [1.29, 1.82) is 0 Å². The molecule has 2 unspecified atom stereocenters. The fraction of sp³-hybridized carbons (Fsp3) is 0.500. The lowest BCUT2D eigenvalue weighted by Gasteiger charge is -2.23. The molecule has 2 nitrogen and oxygen atoms in total. The molecule has 1 heterocycles. The Balaban J connectivity index is 2.10. The lowest BCUT2D eigenvalue weighted by atomic mass is 9.89. The monoisotopic (exact) mass is 245 g/mol. The van der Waals surface area contributed by atoms with Gasteiger partial charge in [-0.05, 0) is 32.4 Å². The predicted molar refractivity (Wildman–Crippen MR) is 76.2 cm³/mol. The van der Waals surface area contributed by atoms with E-state index < -0.39 is 0 Å². The largest absolute Gasteiger partial charge is 0.493 e. The van der Waals surface area contributed by atoms with Crippen molar-refractivity contribution < 1.29 is 4.74 Å². The van der Waals surface area contributed by atoms with Gasteiger partial charge in [0.1, 0.15) is 5.75 Å². The number of hydrogen-bond donors (Lipinski definition) is 1. The molecule has 1 aliphatic heterocycles. The molecule has 18 heavy (non-hydrogen) atoms. The van der Waals surface area contributed by atoms with E-state index in [0.717, 1.165) is 31.7 Å². The highest BCUT2D eigenvalue weighted by Gasteiger charge is 2.30. The number of rotatable bonds is 6. The summed E-state index contributed by atoms with van der Waals surface area (Å²) in [6.45, 7) is 10.1. The van der Waals surface area contributed by atoms with E-state index in [1.54, 1.807) is 0 Å². The van der Waals surface area contributed by atoms with Gasteiger partial charge in [-0.15, -0.1) is 6.58 Å². The highest BCUT2D eigenvalue weighted by atomic mass is 16.5. The van der Waals surface area contributed by atoms with Gasteiger partial charge in [0.25, 0.3) is 0 Å². The zero-order chi connectivity index (χ0) is 13.0. The van der Waals surface area contributed by atoms with Crippen LogP contribution >= 0.6 is 0 Å². The zero-order valence-corrected chi connectivity index (χ0v) is 11.4. The molecule has 0 amide bonds. The van der Waals surface area contributed by atoms with Crippen LogP contribution in [0.3, 0.4) is 0 Å². The minimum absolute atomic E-state index is 0.473. The van der Waals surface area contributed by atoms with Crippen molar-refractivity contribution in [2.45, 2.75) is 38.6 Å². The summed E-state index contributed by atoms with van der Waals surface area (Å²) >= 11 is 0.